The van der Waals surface area contributed by atoms with E-state index in [1.807, 2.05) is 0 Å². The van der Waals surface area contributed by atoms with Crippen LogP contribution in [0.2, 0.25) is 0 Å². The molecule has 0 spiro atoms. The van der Waals surface area contributed by atoms with E-state index in [1.165, 1.54) is 103 Å². The fraction of sp³-hybridized carbons (Fsp3) is 0.884. The first-order chi connectivity index (χ1) is 42.3. The van der Waals surface area contributed by atoms with Crippen molar-refractivity contribution >= 4 is 39.5 Å². The summed E-state index contributed by atoms with van der Waals surface area (Å²) in [7, 11) is -9.91. The molecule has 0 radical (unpaired) electrons. The monoisotopic (exact) mass is 1290 g/mol. The third kappa shape index (κ3) is 61.1. The Morgan fingerprint density at radius 3 is 1.01 bits per heavy atom. The van der Waals surface area contributed by atoms with Crippen LogP contribution in [0, 0.1) is 17.8 Å². The van der Waals surface area contributed by atoms with Gasteiger partial charge in [0.2, 0.25) is 0 Å². The van der Waals surface area contributed by atoms with Crippen molar-refractivity contribution in [1.29, 1.82) is 0 Å². The molecule has 0 aliphatic carbocycles. The van der Waals surface area contributed by atoms with E-state index in [0.717, 1.165) is 121 Å². The second kappa shape index (κ2) is 59.5. The highest BCUT2D eigenvalue weighted by molar-refractivity contribution is 7.47. The average Bonchev–Trinajstić information content (AvgIpc) is 3.65. The number of ether oxygens (including phenoxy) is 4. The Balaban J connectivity index is 5.28. The van der Waals surface area contributed by atoms with Crippen LogP contribution in [0.5, 0.6) is 0 Å². The molecule has 0 rings (SSSR count). The lowest BCUT2D eigenvalue weighted by atomic mass is 9.99. The van der Waals surface area contributed by atoms with Crippen molar-refractivity contribution in [2.75, 3.05) is 39.6 Å². The van der Waals surface area contributed by atoms with E-state index in [-0.39, 0.29) is 25.7 Å². The minimum absolute atomic E-state index is 0.0987. The van der Waals surface area contributed by atoms with Crippen LogP contribution >= 0.6 is 15.6 Å². The van der Waals surface area contributed by atoms with Gasteiger partial charge in [0.1, 0.15) is 19.3 Å². The van der Waals surface area contributed by atoms with Crippen molar-refractivity contribution < 1.29 is 80.2 Å². The summed E-state index contributed by atoms with van der Waals surface area (Å²) in [6.45, 7) is 11.6. The fourth-order valence-corrected chi connectivity index (χ4v) is 11.4. The van der Waals surface area contributed by atoms with Crippen LogP contribution in [0.15, 0.2) is 24.3 Å². The van der Waals surface area contributed by atoms with Crippen molar-refractivity contribution in [3.8, 4) is 0 Å². The smallest absolute Gasteiger partial charge is 0.462 e. The molecule has 0 aromatic carbocycles. The van der Waals surface area contributed by atoms with Gasteiger partial charge in [0.25, 0.3) is 0 Å². The molecule has 0 saturated carbocycles. The highest BCUT2D eigenvalue weighted by Crippen LogP contribution is 2.45. The summed E-state index contributed by atoms with van der Waals surface area (Å²) in [5.74, 6) is 0.00909. The molecule has 0 aromatic heterocycles. The third-order valence-electron chi connectivity index (χ3n) is 15.6. The lowest BCUT2D eigenvalue weighted by Crippen LogP contribution is -2.30. The molecular weight excluding hydrogens is 1160 g/mol. The van der Waals surface area contributed by atoms with E-state index in [4.69, 9.17) is 37.0 Å². The van der Waals surface area contributed by atoms with Gasteiger partial charge in [-0.15, -0.1) is 0 Å². The number of phosphoric ester groups is 2. The predicted molar refractivity (Wildman–Crippen MR) is 354 cm³/mol. The first-order valence-electron chi connectivity index (χ1n) is 35.2. The van der Waals surface area contributed by atoms with E-state index >= 15 is 0 Å². The molecule has 0 aromatic rings. The maximum absolute atomic E-state index is 13.0. The van der Waals surface area contributed by atoms with E-state index in [2.05, 4.69) is 72.8 Å². The first-order valence-corrected chi connectivity index (χ1v) is 38.2. The molecule has 19 heteroatoms. The Morgan fingerprint density at radius 1 is 0.375 bits per heavy atom. The zero-order valence-corrected chi connectivity index (χ0v) is 58.5. The standard InChI is InChI=1S/C69H130O17P2/c1-8-10-11-12-13-14-15-16-17-18-19-23-28-36-43-50-66(71)79-56-64(85-68(73)52-45-38-29-24-21-20-22-27-35-42-49-62(7)9-2)58-83-87(75,76)81-54-63(70)55-82-88(77,78)84-59-65(57-80-67(72)51-44-37-32-31-34-41-48-61(5)6)86-69(74)53-46-39-30-25-26-33-40-47-60(3)4/h14-17,60-65,70H,8-13,18-59H2,1-7H3,(H,75,76)(H,77,78)/b15-14-,17-16-/t62?,63-,64-,65-/m1/s1. The maximum atomic E-state index is 13.0. The molecule has 0 bridgehead atoms. The Morgan fingerprint density at radius 2 is 0.670 bits per heavy atom. The van der Waals surface area contributed by atoms with Crippen LogP contribution in [0.1, 0.15) is 318 Å². The van der Waals surface area contributed by atoms with Crippen molar-refractivity contribution in [3.63, 3.8) is 0 Å². The van der Waals surface area contributed by atoms with Gasteiger partial charge in [0.15, 0.2) is 12.2 Å². The molecule has 0 heterocycles. The summed E-state index contributed by atoms with van der Waals surface area (Å²) in [6.07, 6.45) is 45.5. The molecule has 0 fully saturated rings. The number of rotatable bonds is 65. The second-order valence-corrected chi connectivity index (χ2v) is 28.3. The maximum Gasteiger partial charge on any atom is 0.472 e. The van der Waals surface area contributed by atoms with Gasteiger partial charge in [-0.05, 0) is 69.1 Å². The average molecular weight is 1290 g/mol. The number of unbranched alkanes of at least 4 members (excludes halogenated alkanes) is 29. The van der Waals surface area contributed by atoms with Crippen LogP contribution < -0.4 is 0 Å². The van der Waals surface area contributed by atoms with E-state index in [0.29, 0.717) is 37.5 Å². The summed E-state index contributed by atoms with van der Waals surface area (Å²) in [4.78, 5) is 72.4. The molecule has 3 unspecified atom stereocenters. The normalized spacial score (nSPS) is 14.7. The van der Waals surface area contributed by atoms with Crippen LogP contribution in [0.3, 0.4) is 0 Å². The number of allylic oxidation sites excluding steroid dienone is 4. The Hall–Kier alpha value is -2.46. The molecule has 518 valence electrons. The lowest BCUT2D eigenvalue weighted by Gasteiger charge is -2.21. The fourth-order valence-electron chi connectivity index (χ4n) is 9.79. The third-order valence-corrected chi connectivity index (χ3v) is 17.5. The molecule has 0 aliphatic rings. The molecule has 88 heavy (non-hydrogen) atoms. The zero-order chi connectivity index (χ0) is 65.2. The molecule has 17 nitrogen and oxygen atoms in total. The summed E-state index contributed by atoms with van der Waals surface area (Å²) >= 11 is 0. The number of esters is 4. The predicted octanol–water partition coefficient (Wildman–Crippen LogP) is 19.0. The summed E-state index contributed by atoms with van der Waals surface area (Å²) in [5.41, 5.74) is 0. The number of aliphatic hydroxyl groups is 1. The summed E-state index contributed by atoms with van der Waals surface area (Å²) in [5, 5.41) is 10.6. The van der Waals surface area contributed by atoms with Gasteiger partial charge < -0.3 is 33.8 Å². The minimum Gasteiger partial charge on any atom is -0.462 e. The van der Waals surface area contributed by atoms with Gasteiger partial charge in [-0.25, -0.2) is 9.13 Å². The summed E-state index contributed by atoms with van der Waals surface area (Å²) < 4.78 is 68.1. The Labute approximate surface area is 535 Å². The highest BCUT2D eigenvalue weighted by atomic mass is 31.2. The topological polar surface area (TPSA) is 237 Å². The SMILES string of the molecule is CCCCCC/C=C\C=C/CCCCCCCC(=O)OC[C@H](COP(=O)(O)OC[C@@H](O)COP(=O)(O)OC[C@@H](COC(=O)CCCCCCCCC(C)C)OC(=O)CCCCCCCCCC(C)C)OC(=O)CCCCCCCCCCCCC(C)CC. The van der Waals surface area contributed by atoms with Crippen LogP contribution in [0.25, 0.3) is 0 Å². The van der Waals surface area contributed by atoms with E-state index in [1.54, 1.807) is 0 Å². The van der Waals surface area contributed by atoms with Crippen LogP contribution in [-0.4, -0.2) is 96.7 Å². The van der Waals surface area contributed by atoms with Crippen molar-refractivity contribution in [1.82, 2.24) is 0 Å². The van der Waals surface area contributed by atoms with Gasteiger partial charge in [0.05, 0.1) is 26.4 Å². The lowest BCUT2D eigenvalue weighted by molar-refractivity contribution is -0.161. The minimum atomic E-state index is -4.96. The van der Waals surface area contributed by atoms with Crippen LogP contribution in [0.4, 0.5) is 0 Å². The molecular formula is C69H130O17P2. The van der Waals surface area contributed by atoms with Gasteiger partial charge in [-0.1, -0.05) is 265 Å². The quantitative estimate of drug-likeness (QED) is 0.0169. The molecule has 0 amide bonds. The van der Waals surface area contributed by atoms with Crippen molar-refractivity contribution in [2.45, 2.75) is 336 Å². The number of carbonyl (C=O) groups is 4. The first kappa shape index (κ1) is 85.5. The highest BCUT2D eigenvalue weighted by Gasteiger charge is 2.30. The number of aliphatic hydroxyl groups excluding tert-OH is 1. The van der Waals surface area contributed by atoms with Gasteiger partial charge in [-0.3, -0.25) is 37.3 Å². The van der Waals surface area contributed by atoms with Gasteiger partial charge in [0, 0.05) is 25.7 Å². The van der Waals surface area contributed by atoms with Crippen LogP contribution in [-0.2, 0) is 65.4 Å². The van der Waals surface area contributed by atoms with Crippen molar-refractivity contribution in [3.05, 3.63) is 24.3 Å². The molecule has 0 saturated heterocycles. The largest absolute Gasteiger partial charge is 0.472 e. The van der Waals surface area contributed by atoms with E-state index < -0.39 is 97.5 Å². The second-order valence-electron chi connectivity index (χ2n) is 25.4. The van der Waals surface area contributed by atoms with E-state index in [9.17, 15) is 43.2 Å². The van der Waals surface area contributed by atoms with Gasteiger partial charge >= 0.3 is 39.5 Å². The molecule has 0 aliphatic heterocycles. The Bertz CT molecular complexity index is 1830. The summed E-state index contributed by atoms with van der Waals surface area (Å²) in [6, 6.07) is 0. The van der Waals surface area contributed by atoms with Crippen molar-refractivity contribution in [2.24, 2.45) is 17.8 Å². The number of hydrogen-bond donors (Lipinski definition) is 3. The molecule has 3 N–H and O–H groups in total. The van der Waals surface area contributed by atoms with Gasteiger partial charge in [-0.2, -0.15) is 0 Å². The number of hydrogen-bond acceptors (Lipinski definition) is 15. The Kier molecular flexibility index (Phi) is 57.9. The number of carbonyl (C=O) groups excluding carboxylic acids is 4. The molecule has 6 atom stereocenters. The number of phosphoric acid groups is 2. The zero-order valence-electron chi connectivity index (χ0n) is 56.7.